The minimum absolute atomic E-state index is 0.191. The summed E-state index contributed by atoms with van der Waals surface area (Å²) in [5.41, 5.74) is 5.23. The van der Waals surface area contributed by atoms with Crippen LogP contribution in [0.1, 0.15) is 21.5 Å². The average Bonchev–Trinajstić information content (AvgIpc) is 2.69. The lowest BCUT2D eigenvalue weighted by molar-refractivity contribution is 0.102. The third-order valence-corrected chi connectivity index (χ3v) is 4.55. The van der Waals surface area contributed by atoms with Crippen LogP contribution in [0, 0.1) is 13.8 Å². The topological polar surface area (TPSA) is 54.9 Å². The number of carbonyl (C=O) groups is 1. The Bertz CT molecular complexity index is 1130. The molecule has 2 aromatic heterocycles. The van der Waals surface area contributed by atoms with Crippen LogP contribution in [0.3, 0.4) is 0 Å². The highest BCUT2D eigenvalue weighted by atomic mass is 16.1. The van der Waals surface area contributed by atoms with Crippen molar-refractivity contribution >= 4 is 22.6 Å². The van der Waals surface area contributed by atoms with Gasteiger partial charge in [-0.05, 0) is 37.6 Å². The van der Waals surface area contributed by atoms with Gasteiger partial charge < -0.3 is 5.32 Å². The summed E-state index contributed by atoms with van der Waals surface area (Å²) in [5.74, 6) is 0.379. The van der Waals surface area contributed by atoms with Crippen LogP contribution >= 0.6 is 0 Å². The Balaban J connectivity index is 1.82. The standard InChI is InChI=1S/C23H19N3O/c1-15-9-11-17(12-10-15)21-14-19(18-7-3-4-8-20(18)25-21)23(27)26-22-16(2)6-5-13-24-22/h3-14H,1-2H3,(H,24,26,27). The molecule has 0 saturated carbocycles. The van der Waals surface area contributed by atoms with E-state index in [1.807, 2.05) is 80.6 Å². The summed E-state index contributed by atoms with van der Waals surface area (Å²) >= 11 is 0. The number of hydrogen-bond donors (Lipinski definition) is 1. The van der Waals surface area contributed by atoms with Crippen molar-refractivity contribution in [1.29, 1.82) is 0 Å². The van der Waals surface area contributed by atoms with Gasteiger partial charge >= 0.3 is 0 Å². The molecule has 0 aliphatic heterocycles. The molecular weight excluding hydrogens is 334 g/mol. The molecule has 2 aromatic carbocycles. The lowest BCUT2D eigenvalue weighted by atomic mass is 10.0. The molecule has 0 unspecified atom stereocenters. The summed E-state index contributed by atoms with van der Waals surface area (Å²) < 4.78 is 0. The molecule has 2 heterocycles. The monoisotopic (exact) mass is 353 g/mol. The first kappa shape index (κ1) is 16.9. The van der Waals surface area contributed by atoms with E-state index in [0.29, 0.717) is 11.4 Å². The van der Waals surface area contributed by atoms with Gasteiger partial charge in [0.2, 0.25) is 0 Å². The lowest BCUT2D eigenvalue weighted by Crippen LogP contribution is -2.15. The lowest BCUT2D eigenvalue weighted by Gasteiger charge is -2.11. The number of aryl methyl sites for hydroxylation is 2. The molecule has 4 nitrogen and oxygen atoms in total. The zero-order valence-electron chi connectivity index (χ0n) is 15.2. The largest absolute Gasteiger partial charge is 0.306 e. The summed E-state index contributed by atoms with van der Waals surface area (Å²) in [6, 6.07) is 21.4. The first-order valence-electron chi connectivity index (χ1n) is 8.81. The van der Waals surface area contributed by atoms with E-state index in [0.717, 1.165) is 27.7 Å². The fraction of sp³-hybridized carbons (Fsp3) is 0.0870. The number of carbonyl (C=O) groups excluding carboxylic acids is 1. The summed E-state index contributed by atoms with van der Waals surface area (Å²) in [5, 5.41) is 3.75. The van der Waals surface area contributed by atoms with Gasteiger partial charge in [-0.2, -0.15) is 0 Å². The van der Waals surface area contributed by atoms with E-state index in [2.05, 4.69) is 10.3 Å². The fourth-order valence-corrected chi connectivity index (χ4v) is 3.03. The molecule has 0 aliphatic rings. The molecule has 0 saturated heterocycles. The second-order valence-electron chi connectivity index (χ2n) is 6.56. The van der Waals surface area contributed by atoms with Gasteiger partial charge in [-0.25, -0.2) is 9.97 Å². The zero-order chi connectivity index (χ0) is 18.8. The number of amides is 1. The van der Waals surface area contributed by atoms with Crippen LogP contribution in [0.2, 0.25) is 0 Å². The van der Waals surface area contributed by atoms with Gasteiger partial charge in [-0.1, -0.05) is 54.1 Å². The molecule has 4 aromatic rings. The Morgan fingerprint density at radius 2 is 1.70 bits per heavy atom. The molecule has 1 amide bonds. The van der Waals surface area contributed by atoms with E-state index in [1.54, 1.807) is 6.20 Å². The molecule has 0 bridgehead atoms. The number of fused-ring (bicyclic) bond motifs is 1. The van der Waals surface area contributed by atoms with Crippen LogP contribution in [0.25, 0.3) is 22.2 Å². The first-order valence-corrected chi connectivity index (χ1v) is 8.81. The van der Waals surface area contributed by atoms with Gasteiger partial charge in [-0.15, -0.1) is 0 Å². The molecule has 4 heteroatoms. The summed E-state index contributed by atoms with van der Waals surface area (Å²) in [7, 11) is 0. The number of hydrogen-bond acceptors (Lipinski definition) is 3. The smallest absolute Gasteiger partial charge is 0.257 e. The number of rotatable bonds is 3. The Labute approximate surface area is 157 Å². The Morgan fingerprint density at radius 3 is 2.48 bits per heavy atom. The highest BCUT2D eigenvalue weighted by molar-refractivity contribution is 6.13. The van der Waals surface area contributed by atoms with Crippen molar-refractivity contribution in [3.05, 3.63) is 89.6 Å². The Morgan fingerprint density at radius 1 is 0.926 bits per heavy atom. The molecule has 1 N–H and O–H groups in total. The molecular formula is C23H19N3O. The number of nitrogens with zero attached hydrogens (tertiary/aromatic N) is 2. The van der Waals surface area contributed by atoms with Crippen molar-refractivity contribution in [2.24, 2.45) is 0 Å². The third kappa shape index (κ3) is 3.42. The second-order valence-corrected chi connectivity index (χ2v) is 6.56. The molecule has 27 heavy (non-hydrogen) atoms. The number of aromatic nitrogens is 2. The van der Waals surface area contributed by atoms with Crippen molar-refractivity contribution in [2.45, 2.75) is 13.8 Å². The summed E-state index contributed by atoms with van der Waals surface area (Å²) in [6.45, 7) is 3.97. The maximum atomic E-state index is 13.0. The molecule has 0 aliphatic carbocycles. The van der Waals surface area contributed by atoms with Crippen LogP contribution in [0.5, 0.6) is 0 Å². The Hall–Kier alpha value is -3.53. The number of anilines is 1. The maximum absolute atomic E-state index is 13.0. The number of pyridine rings is 2. The van der Waals surface area contributed by atoms with Crippen molar-refractivity contribution in [2.75, 3.05) is 5.32 Å². The number of para-hydroxylation sites is 1. The Kier molecular flexibility index (Phi) is 4.38. The van der Waals surface area contributed by atoms with Gasteiger partial charge in [0.05, 0.1) is 16.8 Å². The van der Waals surface area contributed by atoms with Crippen LogP contribution in [0.4, 0.5) is 5.82 Å². The molecule has 132 valence electrons. The summed E-state index contributed by atoms with van der Waals surface area (Å²) in [4.78, 5) is 22.1. The average molecular weight is 353 g/mol. The number of nitrogens with one attached hydrogen (secondary N) is 1. The van der Waals surface area contributed by atoms with E-state index >= 15 is 0 Å². The minimum atomic E-state index is -0.191. The molecule has 0 fully saturated rings. The van der Waals surface area contributed by atoms with Gasteiger partial charge in [0.1, 0.15) is 5.82 Å². The van der Waals surface area contributed by atoms with Crippen LogP contribution in [0.15, 0.2) is 72.9 Å². The predicted molar refractivity (Wildman–Crippen MR) is 109 cm³/mol. The molecule has 0 spiro atoms. The maximum Gasteiger partial charge on any atom is 0.257 e. The highest BCUT2D eigenvalue weighted by Gasteiger charge is 2.15. The van der Waals surface area contributed by atoms with Crippen molar-refractivity contribution in [1.82, 2.24) is 9.97 Å². The van der Waals surface area contributed by atoms with Crippen molar-refractivity contribution < 1.29 is 4.79 Å². The predicted octanol–water partition coefficient (Wildman–Crippen LogP) is 5.17. The fourth-order valence-electron chi connectivity index (χ4n) is 3.03. The van der Waals surface area contributed by atoms with E-state index < -0.39 is 0 Å². The SMILES string of the molecule is Cc1ccc(-c2cc(C(=O)Nc3ncccc3C)c3ccccc3n2)cc1. The van der Waals surface area contributed by atoms with Crippen molar-refractivity contribution in [3.8, 4) is 11.3 Å². The van der Waals surface area contributed by atoms with Gasteiger partial charge in [-0.3, -0.25) is 4.79 Å². The van der Waals surface area contributed by atoms with Crippen molar-refractivity contribution in [3.63, 3.8) is 0 Å². The molecule has 4 rings (SSSR count). The van der Waals surface area contributed by atoms with Crippen LogP contribution in [-0.2, 0) is 0 Å². The van der Waals surface area contributed by atoms with Gasteiger partial charge in [0.25, 0.3) is 5.91 Å². The first-order chi connectivity index (χ1) is 13.1. The third-order valence-electron chi connectivity index (χ3n) is 4.55. The van der Waals surface area contributed by atoms with E-state index in [1.165, 1.54) is 5.56 Å². The number of benzene rings is 2. The van der Waals surface area contributed by atoms with E-state index in [-0.39, 0.29) is 5.91 Å². The van der Waals surface area contributed by atoms with E-state index in [4.69, 9.17) is 4.98 Å². The molecule has 0 radical (unpaired) electrons. The van der Waals surface area contributed by atoms with E-state index in [9.17, 15) is 4.79 Å². The second kappa shape index (κ2) is 7.00. The minimum Gasteiger partial charge on any atom is -0.306 e. The normalized spacial score (nSPS) is 10.7. The zero-order valence-corrected chi connectivity index (χ0v) is 15.2. The van der Waals surface area contributed by atoms with Crippen LogP contribution in [-0.4, -0.2) is 15.9 Å². The van der Waals surface area contributed by atoms with Gasteiger partial charge in [0, 0.05) is 17.1 Å². The summed E-state index contributed by atoms with van der Waals surface area (Å²) in [6.07, 6.45) is 1.67. The molecule has 0 atom stereocenters. The highest BCUT2D eigenvalue weighted by Crippen LogP contribution is 2.26. The van der Waals surface area contributed by atoms with Crippen LogP contribution < -0.4 is 5.32 Å². The van der Waals surface area contributed by atoms with Gasteiger partial charge in [0.15, 0.2) is 0 Å². The quantitative estimate of drug-likeness (QED) is 0.553.